The summed E-state index contributed by atoms with van der Waals surface area (Å²) in [6, 6.07) is 4.71. The average Bonchev–Trinajstić information content (AvgIpc) is 2.55. The fourth-order valence-electron chi connectivity index (χ4n) is 2.88. The zero-order valence-corrected chi connectivity index (χ0v) is 15.1. The molecule has 1 aliphatic heterocycles. The lowest BCUT2D eigenvalue weighted by Crippen LogP contribution is -2.47. The Kier molecular flexibility index (Phi) is 6.06. The number of sulfonamides is 1. The quantitative estimate of drug-likeness (QED) is 0.880. The van der Waals surface area contributed by atoms with Gasteiger partial charge in [-0.25, -0.2) is 13.1 Å². The van der Waals surface area contributed by atoms with Crippen LogP contribution in [0.3, 0.4) is 0 Å². The van der Waals surface area contributed by atoms with Crippen LogP contribution in [0.1, 0.15) is 38.2 Å². The second-order valence-electron chi connectivity index (χ2n) is 5.88. The summed E-state index contributed by atoms with van der Waals surface area (Å²) in [5.74, 6) is -0.161. The Bertz CT molecular complexity index is 676. The number of piperidine rings is 1. The first-order valence-electron chi connectivity index (χ1n) is 7.90. The Hall–Kier alpha value is -1.11. The molecule has 1 atom stereocenters. The van der Waals surface area contributed by atoms with E-state index in [4.69, 9.17) is 11.6 Å². The van der Waals surface area contributed by atoms with E-state index in [9.17, 15) is 13.2 Å². The maximum Gasteiger partial charge on any atom is 0.241 e. The number of nitrogens with one attached hydrogen (secondary N) is 1. The van der Waals surface area contributed by atoms with Crippen molar-refractivity contribution < 1.29 is 13.2 Å². The highest BCUT2D eigenvalue weighted by atomic mass is 35.5. The van der Waals surface area contributed by atoms with Gasteiger partial charge in [0.05, 0.1) is 11.4 Å². The Labute approximate surface area is 143 Å². The van der Waals surface area contributed by atoms with Crippen molar-refractivity contribution in [3.63, 3.8) is 0 Å². The van der Waals surface area contributed by atoms with E-state index in [0.29, 0.717) is 17.1 Å². The monoisotopic (exact) mass is 358 g/mol. The summed E-state index contributed by atoms with van der Waals surface area (Å²) >= 11 is 5.92. The van der Waals surface area contributed by atoms with E-state index in [-0.39, 0.29) is 23.4 Å². The largest absolute Gasteiger partial charge is 0.339 e. The van der Waals surface area contributed by atoms with Gasteiger partial charge in [-0.15, -0.1) is 0 Å². The second kappa shape index (κ2) is 7.64. The Balaban J connectivity index is 2.03. The molecule has 1 amide bonds. The minimum absolute atomic E-state index is 0.123. The molecule has 1 aromatic carbocycles. The van der Waals surface area contributed by atoms with Crippen LogP contribution < -0.4 is 4.72 Å². The predicted molar refractivity (Wildman–Crippen MR) is 91.0 cm³/mol. The molecule has 1 fully saturated rings. The number of likely N-dealkylation sites (tertiary alicyclic amines) is 1. The Morgan fingerprint density at radius 2 is 2.13 bits per heavy atom. The molecule has 1 aromatic rings. The highest BCUT2D eigenvalue weighted by Gasteiger charge is 2.26. The van der Waals surface area contributed by atoms with Gasteiger partial charge in [0.1, 0.15) is 0 Å². The number of carbonyl (C=O) groups excluding carboxylic acids is 1. The van der Waals surface area contributed by atoms with Crippen molar-refractivity contribution in [1.82, 2.24) is 9.62 Å². The fourth-order valence-corrected chi connectivity index (χ4v) is 4.06. The van der Waals surface area contributed by atoms with Crippen molar-refractivity contribution >= 4 is 27.5 Å². The van der Waals surface area contributed by atoms with Crippen molar-refractivity contribution in [3.05, 3.63) is 28.8 Å². The van der Waals surface area contributed by atoms with Crippen LogP contribution in [0.2, 0.25) is 5.02 Å². The van der Waals surface area contributed by atoms with Gasteiger partial charge in [0, 0.05) is 17.6 Å². The van der Waals surface area contributed by atoms with Gasteiger partial charge < -0.3 is 4.90 Å². The van der Waals surface area contributed by atoms with Gasteiger partial charge in [-0.1, -0.05) is 18.5 Å². The van der Waals surface area contributed by atoms with Crippen molar-refractivity contribution in [2.75, 3.05) is 13.1 Å². The maximum atomic E-state index is 12.3. The topological polar surface area (TPSA) is 66.5 Å². The predicted octanol–water partition coefficient (Wildman–Crippen LogP) is 2.72. The average molecular weight is 359 g/mol. The van der Waals surface area contributed by atoms with Crippen molar-refractivity contribution in [1.29, 1.82) is 0 Å². The standard InChI is InChI=1S/C16H23ClN2O3S/c1-3-13-6-4-5-9-19(13)16(20)11-18-23(21,22)14-7-8-15(17)12(2)10-14/h7-8,10,13,18H,3-6,9,11H2,1-2H3. The third kappa shape index (κ3) is 4.46. The van der Waals surface area contributed by atoms with Crippen LogP contribution in [0, 0.1) is 6.92 Å². The van der Waals surface area contributed by atoms with E-state index in [1.54, 1.807) is 17.9 Å². The van der Waals surface area contributed by atoms with Crippen molar-refractivity contribution in [2.24, 2.45) is 0 Å². The van der Waals surface area contributed by atoms with E-state index >= 15 is 0 Å². The zero-order valence-electron chi connectivity index (χ0n) is 13.5. The Morgan fingerprint density at radius 3 is 2.78 bits per heavy atom. The molecule has 23 heavy (non-hydrogen) atoms. The minimum Gasteiger partial charge on any atom is -0.339 e. The van der Waals surface area contributed by atoms with Gasteiger partial charge in [0.25, 0.3) is 0 Å². The van der Waals surface area contributed by atoms with Crippen LogP contribution in [-0.4, -0.2) is 38.4 Å². The molecule has 1 heterocycles. The first-order chi connectivity index (χ1) is 10.8. The molecule has 0 radical (unpaired) electrons. The molecule has 2 rings (SSSR count). The smallest absolute Gasteiger partial charge is 0.241 e. The third-order valence-corrected chi connectivity index (χ3v) is 6.09. The molecule has 1 aliphatic rings. The Morgan fingerprint density at radius 1 is 1.39 bits per heavy atom. The van der Waals surface area contributed by atoms with Crippen LogP contribution in [0.4, 0.5) is 0 Å². The number of nitrogens with zero attached hydrogens (tertiary/aromatic N) is 1. The van der Waals surface area contributed by atoms with Gasteiger partial charge in [-0.05, 0) is 56.4 Å². The van der Waals surface area contributed by atoms with Crippen molar-refractivity contribution in [2.45, 2.75) is 50.5 Å². The molecule has 1 N–H and O–H groups in total. The molecular formula is C16H23ClN2O3S. The number of carbonyl (C=O) groups is 1. The molecule has 1 unspecified atom stereocenters. The van der Waals surface area contributed by atoms with Gasteiger partial charge >= 0.3 is 0 Å². The second-order valence-corrected chi connectivity index (χ2v) is 8.05. The summed E-state index contributed by atoms with van der Waals surface area (Å²) in [7, 11) is -3.71. The molecular weight excluding hydrogens is 336 g/mol. The van der Waals surface area contributed by atoms with Crippen LogP contribution >= 0.6 is 11.6 Å². The number of halogens is 1. The van der Waals surface area contributed by atoms with Gasteiger partial charge in [-0.2, -0.15) is 0 Å². The highest BCUT2D eigenvalue weighted by molar-refractivity contribution is 7.89. The van der Waals surface area contributed by atoms with E-state index in [2.05, 4.69) is 11.6 Å². The lowest BCUT2D eigenvalue weighted by Gasteiger charge is -2.35. The number of hydrogen-bond donors (Lipinski definition) is 1. The van der Waals surface area contributed by atoms with E-state index in [1.807, 2.05) is 0 Å². The lowest BCUT2D eigenvalue weighted by molar-refractivity contribution is -0.133. The highest BCUT2D eigenvalue weighted by Crippen LogP contribution is 2.21. The van der Waals surface area contributed by atoms with Crippen LogP contribution in [0.5, 0.6) is 0 Å². The van der Waals surface area contributed by atoms with Crippen LogP contribution in [-0.2, 0) is 14.8 Å². The zero-order chi connectivity index (χ0) is 17.0. The summed E-state index contributed by atoms with van der Waals surface area (Å²) in [5, 5.41) is 0.513. The SMILES string of the molecule is CCC1CCCCN1C(=O)CNS(=O)(=O)c1ccc(Cl)c(C)c1. The fraction of sp³-hybridized carbons (Fsp3) is 0.562. The molecule has 1 saturated heterocycles. The van der Waals surface area contributed by atoms with Crippen molar-refractivity contribution in [3.8, 4) is 0 Å². The summed E-state index contributed by atoms with van der Waals surface area (Å²) in [6.07, 6.45) is 3.99. The van der Waals surface area contributed by atoms with E-state index in [1.165, 1.54) is 12.1 Å². The molecule has 5 nitrogen and oxygen atoms in total. The van der Waals surface area contributed by atoms with Gasteiger partial charge in [-0.3, -0.25) is 4.79 Å². The lowest BCUT2D eigenvalue weighted by atomic mass is 10.00. The normalized spacial score (nSPS) is 18.9. The molecule has 0 saturated carbocycles. The molecule has 0 aromatic heterocycles. The number of aryl methyl sites for hydroxylation is 1. The van der Waals surface area contributed by atoms with E-state index < -0.39 is 10.0 Å². The molecule has 7 heteroatoms. The molecule has 128 valence electrons. The van der Waals surface area contributed by atoms with Gasteiger partial charge in [0.15, 0.2) is 0 Å². The van der Waals surface area contributed by atoms with Crippen LogP contribution in [0.25, 0.3) is 0 Å². The summed E-state index contributed by atoms with van der Waals surface area (Å²) < 4.78 is 27.0. The maximum absolute atomic E-state index is 12.3. The minimum atomic E-state index is -3.71. The van der Waals surface area contributed by atoms with Gasteiger partial charge in [0.2, 0.25) is 15.9 Å². The first-order valence-corrected chi connectivity index (χ1v) is 9.76. The first kappa shape index (κ1) is 18.2. The number of hydrogen-bond acceptors (Lipinski definition) is 3. The summed E-state index contributed by atoms with van der Waals surface area (Å²) in [4.78, 5) is 14.3. The number of amides is 1. The number of benzene rings is 1. The summed E-state index contributed by atoms with van der Waals surface area (Å²) in [5.41, 5.74) is 0.683. The molecule has 0 bridgehead atoms. The third-order valence-electron chi connectivity index (χ3n) is 4.27. The number of rotatable bonds is 5. The molecule has 0 aliphatic carbocycles. The van der Waals surface area contributed by atoms with E-state index in [0.717, 1.165) is 25.7 Å². The summed E-state index contributed by atoms with van der Waals surface area (Å²) in [6.45, 7) is 4.29. The molecule has 0 spiro atoms. The van der Waals surface area contributed by atoms with Crippen LogP contribution in [0.15, 0.2) is 23.1 Å².